The molecule has 3 saturated heterocycles. The van der Waals surface area contributed by atoms with E-state index in [-0.39, 0.29) is 5.91 Å². The van der Waals surface area contributed by atoms with Gasteiger partial charge in [0.25, 0.3) is 5.91 Å². The predicted molar refractivity (Wildman–Crippen MR) is 153 cm³/mol. The largest absolute Gasteiger partial charge is 0.378 e. The molecule has 0 spiro atoms. The molecule has 0 aliphatic carbocycles. The summed E-state index contributed by atoms with van der Waals surface area (Å²) in [5.41, 5.74) is 5.16. The van der Waals surface area contributed by atoms with Crippen LogP contribution in [0.1, 0.15) is 73.1 Å². The summed E-state index contributed by atoms with van der Waals surface area (Å²) in [5.74, 6) is 2.21. The van der Waals surface area contributed by atoms with Gasteiger partial charge < -0.3 is 10.2 Å². The van der Waals surface area contributed by atoms with Crippen LogP contribution >= 0.6 is 0 Å². The Morgan fingerprint density at radius 1 is 1.08 bits per heavy atom. The summed E-state index contributed by atoms with van der Waals surface area (Å²) in [7, 11) is 4.01. The normalized spacial score (nSPS) is 22.4. The number of hydrogen-bond acceptors (Lipinski definition) is 6. The van der Waals surface area contributed by atoms with E-state index in [0.717, 1.165) is 55.1 Å². The SMILES string of the molecule is CCC(CC)c1cc(C2CN3CCC2CC3CNC(=O)c2ccc(N(C)C)cc2)nc(-c2ccncc2)n1. The molecule has 4 unspecified atom stereocenters. The summed E-state index contributed by atoms with van der Waals surface area (Å²) < 4.78 is 0. The van der Waals surface area contributed by atoms with Gasteiger partial charge in [-0.3, -0.25) is 14.7 Å². The number of carbonyl (C=O) groups excluding carboxylic acids is 1. The molecule has 3 fully saturated rings. The standard InChI is InChI=1S/C31H40N6O/c1-5-21(6-2)28-18-29(35-30(34-28)22-11-14-32-15-12-22)27-20-37-16-13-24(27)17-26(37)19-33-31(38)23-7-9-25(10-8-23)36(3)4/h7-12,14-15,18,21,24,26-27H,5-6,13,16-17,19-20H2,1-4H3,(H,33,38). The van der Waals surface area contributed by atoms with E-state index in [4.69, 9.17) is 9.97 Å². The lowest BCUT2D eigenvalue weighted by Crippen LogP contribution is -2.56. The molecule has 7 heteroatoms. The van der Waals surface area contributed by atoms with Crippen LogP contribution in [0.3, 0.4) is 0 Å². The number of rotatable bonds is 9. The summed E-state index contributed by atoms with van der Waals surface area (Å²) in [6.45, 7) is 7.24. The molecular formula is C31H40N6O. The summed E-state index contributed by atoms with van der Waals surface area (Å²) >= 11 is 0. The molecule has 6 rings (SSSR count). The maximum absolute atomic E-state index is 12.8. The van der Waals surface area contributed by atoms with Crippen LogP contribution in [0.15, 0.2) is 54.9 Å². The minimum absolute atomic E-state index is 0.00195. The fraction of sp³-hybridized carbons (Fsp3) is 0.484. The lowest BCUT2D eigenvalue weighted by atomic mass is 9.74. The number of piperidine rings is 3. The second-order valence-corrected chi connectivity index (χ2v) is 11.0. The van der Waals surface area contributed by atoms with Crippen molar-refractivity contribution in [2.24, 2.45) is 5.92 Å². The number of nitrogens with one attached hydrogen (secondary N) is 1. The minimum atomic E-state index is 0.00195. The molecule has 1 amide bonds. The van der Waals surface area contributed by atoms with Gasteiger partial charge in [0.1, 0.15) is 0 Å². The van der Waals surface area contributed by atoms with E-state index in [9.17, 15) is 4.79 Å². The molecule has 1 aromatic carbocycles. The number of carbonyl (C=O) groups is 1. The number of nitrogens with zero attached hydrogens (tertiary/aromatic N) is 5. The van der Waals surface area contributed by atoms with Crippen molar-refractivity contribution in [2.45, 2.75) is 57.4 Å². The van der Waals surface area contributed by atoms with Crippen LogP contribution in [-0.2, 0) is 0 Å². The Morgan fingerprint density at radius 2 is 1.82 bits per heavy atom. The Morgan fingerprint density at radius 3 is 2.45 bits per heavy atom. The van der Waals surface area contributed by atoms with Gasteiger partial charge in [-0.25, -0.2) is 9.97 Å². The van der Waals surface area contributed by atoms with Crippen molar-refractivity contribution in [3.8, 4) is 11.4 Å². The Balaban J connectivity index is 1.30. The van der Waals surface area contributed by atoms with Crippen molar-refractivity contribution in [1.82, 2.24) is 25.2 Å². The topological polar surface area (TPSA) is 74.2 Å². The fourth-order valence-electron chi connectivity index (χ4n) is 6.13. The molecule has 0 saturated carbocycles. The number of fused-ring (bicyclic) bond motifs is 3. The fourth-order valence-corrected chi connectivity index (χ4v) is 6.13. The maximum atomic E-state index is 12.8. The van der Waals surface area contributed by atoms with Crippen LogP contribution in [0.2, 0.25) is 0 Å². The van der Waals surface area contributed by atoms with E-state index in [1.165, 1.54) is 12.1 Å². The Hall–Kier alpha value is -3.32. The summed E-state index contributed by atoms with van der Waals surface area (Å²) in [5, 5.41) is 3.20. The zero-order valence-electron chi connectivity index (χ0n) is 23.1. The van der Waals surface area contributed by atoms with Crippen molar-refractivity contribution < 1.29 is 4.79 Å². The number of benzene rings is 1. The summed E-state index contributed by atoms with van der Waals surface area (Å²) in [4.78, 5) is 31.7. The quantitative estimate of drug-likeness (QED) is 0.429. The molecule has 7 nitrogen and oxygen atoms in total. The van der Waals surface area contributed by atoms with Gasteiger partial charge in [0, 0.05) is 85.7 Å². The molecule has 5 heterocycles. The van der Waals surface area contributed by atoms with Gasteiger partial charge in [-0.2, -0.15) is 0 Å². The highest BCUT2D eigenvalue weighted by Gasteiger charge is 2.41. The van der Waals surface area contributed by atoms with Crippen LogP contribution in [0.4, 0.5) is 5.69 Å². The third-order valence-corrected chi connectivity index (χ3v) is 8.51. The first kappa shape index (κ1) is 26.3. The van der Waals surface area contributed by atoms with Crippen LogP contribution in [0, 0.1) is 5.92 Å². The molecular weight excluding hydrogens is 472 g/mol. The third kappa shape index (κ3) is 5.58. The van der Waals surface area contributed by atoms with Gasteiger partial charge in [0.15, 0.2) is 5.82 Å². The Labute approximate surface area is 226 Å². The zero-order valence-corrected chi connectivity index (χ0v) is 23.1. The van der Waals surface area contributed by atoms with E-state index in [2.05, 4.69) is 35.1 Å². The van der Waals surface area contributed by atoms with Gasteiger partial charge in [0.2, 0.25) is 0 Å². The number of amides is 1. The molecule has 3 aromatic rings. The lowest BCUT2D eigenvalue weighted by molar-refractivity contribution is 0.0290. The second-order valence-electron chi connectivity index (χ2n) is 11.0. The maximum Gasteiger partial charge on any atom is 0.251 e. The number of anilines is 1. The number of pyridine rings is 1. The van der Waals surface area contributed by atoms with Gasteiger partial charge in [-0.05, 0) is 80.6 Å². The number of aromatic nitrogens is 3. The smallest absolute Gasteiger partial charge is 0.251 e. The minimum Gasteiger partial charge on any atom is -0.378 e. The highest BCUT2D eigenvalue weighted by Crippen LogP contribution is 2.42. The van der Waals surface area contributed by atoms with Gasteiger partial charge >= 0.3 is 0 Å². The summed E-state index contributed by atoms with van der Waals surface area (Å²) in [6.07, 6.45) is 8.03. The van der Waals surface area contributed by atoms with E-state index in [1.54, 1.807) is 0 Å². The van der Waals surface area contributed by atoms with E-state index < -0.39 is 0 Å². The average molecular weight is 513 g/mol. The molecule has 3 aliphatic rings. The van der Waals surface area contributed by atoms with Crippen molar-refractivity contribution in [2.75, 3.05) is 38.6 Å². The van der Waals surface area contributed by atoms with Crippen LogP contribution in [0.5, 0.6) is 0 Å². The predicted octanol–water partition coefficient (Wildman–Crippen LogP) is 5.12. The molecule has 2 bridgehead atoms. The Bertz CT molecular complexity index is 1220. The first-order chi connectivity index (χ1) is 18.5. The third-order valence-electron chi connectivity index (χ3n) is 8.51. The second kappa shape index (κ2) is 11.6. The zero-order chi connectivity index (χ0) is 26.6. The first-order valence-corrected chi connectivity index (χ1v) is 14.1. The highest BCUT2D eigenvalue weighted by molar-refractivity contribution is 5.94. The van der Waals surface area contributed by atoms with Crippen molar-refractivity contribution in [3.05, 3.63) is 71.8 Å². The van der Waals surface area contributed by atoms with E-state index in [0.29, 0.717) is 35.9 Å². The van der Waals surface area contributed by atoms with Crippen LogP contribution < -0.4 is 10.2 Å². The van der Waals surface area contributed by atoms with E-state index >= 15 is 0 Å². The molecule has 4 atom stereocenters. The highest BCUT2D eigenvalue weighted by atomic mass is 16.1. The molecule has 38 heavy (non-hydrogen) atoms. The van der Waals surface area contributed by atoms with Gasteiger partial charge in [0.05, 0.1) is 0 Å². The first-order valence-electron chi connectivity index (χ1n) is 14.1. The molecule has 0 radical (unpaired) electrons. The van der Waals surface area contributed by atoms with Crippen molar-refractivity contribution >= 4 is 11.6 Å². The molecule has 2 aromatic heterocycles. The molecule has 3 aliphatic heterocycles. The molecule has 1 N–H and O–H groups in total. The van der Waals surface area contributed by atoms with Crippen molar-refractivity contribution in [3.63, 3.8) is 0 Å². The average Bonchev–Trinajstić information content (AvgIpc) is 2.97. The summed E-state index contributed by atoms with van der Waals surface area (Å²) in [6, 6.07) is 14.4. The van der Waals surface area contributed by atoms with E-state index in [1.807, 2.05) is 67.8 Å². The van der Waals surface area contributed by atoms with Crippen LogP contribution in [0.25, 0.3) is 11.4 Å². The Kier molecular flexibility index (Phi) is 8.03. The molecule has 200 valence electrons. The van der Waals surface area contributed by atoms with Gasteiger partial charge in [-0.1, -0.05) is 13.8 Å². The monoisotopic (exact) mass is 512 g/mol. The number of hydrogen-bond donors (Lipinski definition) is 1. The van der Waals surface area contributed by atoms with Crippen LogP contribution in [-0.4, -0.2) is 65.5 Å². The van der Waals surface area contributed by atoms with Gasteiger partial charge in [-0.15, -0.1) is 0 Å². The lowest BCUT2D eigenvalue weighted by Gasteiger charge is -2.49. The van der Waals surface area contributed by atoms with Crippen molar-refractivity contribution in [1.29, 1.82) is 0 Å².